The van der Waals surface area contributed by atoms with E-state index in [1.165, 1.54) is 0 Å². The summed E-state index contributed by atoms with van der Waals surface area (Å²) in [5.41, 5.74) is 1.80. The molecule has 4 heteroatoms. The molecule has 0 aliphatic heterocycles. The highest BCUT2D eigenvalue weighted by molar-refractivity contribution is 9.10. The van der Waals surface area contributed by atoms with Gasteiger partial charge in [0.1, 0.15) is 5.75 Å². The first-order chi connectivity index (χ1) is 9.60. The molecule has 0 aliphatic carbocycles. The molecule has 0 unspecified atom stereocenters. The Bertz CT molecular complexity index is 766. The third kappa shape index (κ3) is 2.80. The first kappa shape index (κ1) is 13.1. The zero-order valence-electron chi connectivity index (χ0n) is 11.2. The summed E-state index contributed by atoms with van der Waals surface area (Å²) in [6.45, 7) is 3.86. The monoisotopic (exact) mass is 328 g/mol. The van der Waals surface area contributed by atoms with Crippen LogP contribution in [0.2, 0.25) is 0 Å². The van der Waals surface area contributed by atoms with Gasteiger partial charge in [0.05, 0.1) is 0 Å². The van der Waals surface area contributed by atoms with Gasteiger partial charge >= 0.3 is 6.01 Å². The minimum absolute atomic E-state index is 0.388. The maximum absolute atomic E-state index is 5.74. The second-order valence-electron chi connectivity index (χ2n) is 4.69. The van der Waals surface area contributed by atoms with E-state index in [9.17, 15) is 0 Å². The highest BCUT2D eigenvalue weighted by Gasteiger charge is 2.04. The number of benzene rings is 2. The summed E-state index contributed by atoms with van der Waals surface area (Å²) in [5.74, 6) is 0.741. The van der Waals surface area contributed by atoms with Crippen molar-refractivity contribution < 1.29 is 4.74 Å². The van der Waals surface area contributed by atoms with E-state index in [1.807, 2.05) is 44.2 Å². The van der Waals surface area contributed by atoms with Crippen LogP contribution in [0.3, 0.4) is 0 Å². The molecule has 0 N–H and O–H groups in total. The minimum atomic E-state index is 0.388. The fraction of sp³-hybridized carbons (Fsp3) is 0.125. The Morgan fingerprint density at radius 1 is 0.850 bits per heavy atom. The molecule has 1 heterocycles. The molecule has 0 saturated heterocycles. The maximum atomic E-state index is 5.74. The molecule has 0 bridgehead atoms. The number of ether oxygens (including phenoxy) is 1. The highest BCUT2D eigenvalue weighted by Crippen LogP contribution is 2.26. The van der Waals surface area contributed by atoms with E-state index in [4.69, 9.17) is 4.74 Å². The Morgan fingerprint density at radius 3 is 2.25 bits per heavy atom. The molecule has 0 amide bonds. The van der Waals surface area contributed by atoms with Crippen LogP contribution in [0.25, 0.3) is 10.8 Å². The lowest BCUT2D eigenvalue weighted by molar-refractivity contribution is 0.439. The minimum Gasteiger partial charge on any atom is -0.424 e. The lowest BCUT2D eigenvalue weighted by atomic mass is 10.1. The van der Waals surface area contributed by atoms with Gasteiger partial charge in [0.25, 0.3) is 0 Å². The van der Waals surface area contributed by atoms with Gasteiger partial charge in [-0.25, -0.2) is 9.97 Å². The van der Waals surface area contributed by atoms with E-state index in [0.717, 1.165) is 32.4 Å². The van der Waals surface area contributed by atoms with Gasteiger partial charge in [-0.3, -0.25) is 0 Å². The summed E-state index contributed by atoms with van der Waals surface area (Å²) < 4.78 is 6.81. The number of nitrogens with zero attached hydrogens (tertiary/aromatic N) is 2. The lowest BCUT2D eigenvalue weighted by Gasteiger charge is -2.07. The Kier molecular flexibility index (Phi) is 3.40. The summed E-state index contributed by atoms with van der Waals surface area (Å²) in [6.07, 6.45) is 0. The van der Waals surface area contributed by atoms with Gasteiger partial charge in [0.15, 0.2) is 0 Å². The van der Waals surface area contributed by atoms with Crippen LogP contribution in [-0.4, -0.2) is 9.97 Å². The number of hydrogen-bond acceptors (Lipinski definition) is 3. The summed E-state index contributed by atoms with van der Waals surface area (Å²) in [5, 5.41) is 2.28. The number of hydrogen-bond donors (Lipinski definition) is 0. The van der Waals surface area contributed by atoms with Gasteiger partial charge in [-0.15, -0.1) is 0 Å². The SMILES string of the molecule is Cc1cc(C)nc(Oc2ccc3cc(Br)ccc3c2)n1. The van der Waals surface area contributed by atoms with Gasteiger partial charge in [0.2, 0.25) is 0 Å². The first-order valence-electron chi connectivity index (χ1n) is 6.30. The van der Waals surface area contributed by atoms with Crippen LogP contribution in [0.5, 0.6) is 11.8 Å². The zero-order valence-corrected chi connectivity index (χ0v) is 12.8. The number of aryl methyl sites for hydroxylation is 2. The largest absolute Gasteiger partial charge is 0.424 e. The second kappa shape index (κ2) is 5.21. The summed E-state index contributed by atoms with van der Waals surface area (Å²) in [7, 11) is 0. The van der Waals surface area contributed by atoms with E-state index in [1.54, 1.807) is 0 Å². The van der Waals surface area contributed by atoms with E-state index < -0.39 is 0 Å². The number of fused-ring (bicyclic) bond motifs is 1. The molecule has 3 rings (SSSR count). The van der Waals surface area contributed by atoms with Gasteiger partial charge in [-0.2, -0.15) is 0 Å². The molecule has 0 radical (unpaired) electrons. The third-order valence-electron chi connectivity index (χ3n) is 2.94. The standard InChI is InChI=1S/C16H13BrN2O/c1-10-7-11(2)19-16(18-10)20-15-6-4-12-8-14(17)5-3-13(12)9-15/h3-9H,1-2H3. The first-order valence-corrected chi connectivity index (χ1v) is 7.09. The molecule has 3 nitrogen and oxygen atoms in total. The molecule has 3 aromatic rings. The smallest absolute Gasteiger partial charge is 0.322 e. The van der Waals surface area contributed by atoms with Crippen molar-refractivity contribution >= 4 is 26.7 Å². The van der Waals surface area contributed by atoms with Crippen molar-refractivity contribution in [3.05, 3.63) is 58.3 Å². The summed E-state index contributed by atoms with van der Waals surface area (Å²) in [6, 6.07) is 14.4. The van der Waals surface area contributed by atoms with Crippen LogP contribution >= 0.6 is 15.9 Å². The van der Waals surface area contributed by atoms with Crippen LogP contribution < -0.4 is 4.74 Å². The molecular formula is C16H13BrN2O. The van der Waals surface area contributed by atoms with Crippen LogP contribution in [0.4, 0.5) is 0 Å². The van der Waals surface area contributed by atoms with Crippen molar-refractivity contribution in [1.29, 1.82) is 0 Å². The molecule has 0 atom stereocenters. The molecule has 20 heavy (non-hydrogen) atoms. The molecule has 1 aromatic heterocycles. The Labute approximate surface area is 125 Å². The average Bonchev–Trinajstić information content (AvgIpc) is 2.38. The van der Waals surface area contributed by atoms with Crippen LogP contribution in [-0.2, 0) is 0 Å². The molecule has 0 fully saturated rings. The molecule has 0 spiro atoms. The molecule has 0 saturated carbocycles. The van der Waals surface area contributed by atoms with Gasteiger partial charge < -0.3 is 4.74 Å². The van der Waals surface area contributed by atoms with Crippen molar-refractivity contribution in [3.63, 3.8) is 0 Å². The molecule has 0 aliphatic rings. The predicted octanol–water partition coefficient (Wildman–Crippen LogP) is 4.80. The number of rotatable bonds is 2. The van der Waals surface area contributed by atoms with Crippen molar-refractivity contribution in [2.45, 2.75) is 13.8 Å². The van der Waals surface area contributed by atoms with Gasteiger partial charge in [-0.1, -0.05) is 28.1 Å². The lowest BCUT2D eigenvalue weighted by Crippen LogP contribution is -1.95. The fourth-order valence-corrected chi connectivity index (χ4v) is 2.48. The Morgan fingerprint density at radius 2 is 1.50 bits per heavy atom. The van der Waals surface area contributed by atoms with Crippen molar-refractivity contribution in [2.24, 2.45) is 0 Å². The van der Waals surface area contributed by atoms with Crippen molar-refractivity contribution in [3.8, 4) is 11.8 Å². The summed E-state index contributed by atoms with van der Waals surface area (Å²) >= 11 is 3.47. The topological polar surface area (TPSA) is 35.0 Å². The number of aromatic nitrogens is 2. The van der Waals surface area contributed by atoms with E-state index in [0.29, 0.717) is 6.01 Å². The molecular weight excluding hydrogens is 316 g/mol. The van der Waals surface area contributed by atoms with E-state index in [2.05, 4.69) is 38.0 Å². The van der Waals surface area contributed by atoms with Crippen LogP contribution in [0.1, 0.15) is 11.4 Å². The predicted molar refractivity (Wildman–Crippen MR) is 83.2 cm³/mol. The Hall–Kier alpha value is -1.94. The fourth-order valence-electron chi connectivity index (χ4n) is 2.10. The van der Waals surface area contributed by atoms with Crippen LogP contribution in [0.15, 0.2) is 46.9 Å². The van der Waals surface area contributed by atoms with Crippen molar-refractivity contribution in [1.82, 2.24) is 9.97 Å². The molecule has 2 aromatic carbocycles. The average molecular weight is 329 g/mol. The second-order valence-corrected chi connectivity index (χ2v) is 5.60. The van der Waals surface area contributed by atoms with Crippen molar-refractivity contribution in [2.75, 3.05) is 0 Å². The zero-order chi connectivity index (χ0) is 14.1. The normalized spacial score (nSPS) is 10.8. The van der Waals surface area contributed by atoms with E-state index >= 15 is 0 Å². The van der Waals surface area contributed by atoms with E-state index in [-0.39, 0.29) is 0 Å². The third-order valence-corrected chi connectivity index (χ3v) is 3.44. The Balaban J connectivity index is 1.96. The van der Waals surface area contributed by atoms with Gasteiger partial charge in [-0.05, 0) is 55.0 Å². The van der Waals surface area contributed by atoms with Gasteiger partial charge in [0, 0.05) is 15.9 Å². The molecule has 100 valence electrons. The quantitative estimate of drug-likeness (QED) is 0.677. The maximum Gasteiger partial charge on any atom is 0.322 e. The highest BCUT2D eigenvalue weighted by atomic mass is 79.9. The van der Waals surface area contributed by atoms with Crippen LogP contribution in [0, 0.1) is 13.8 Å². The number of halogens is 1. The summed E-state index contributed by atoms with van der Waals surface area (Å²) in [4.78, 5) is 8.57.